The first-order chi connectivity index (χ1) is 15.5. The van der Waals surface area contributed by atoms with Crippen molar-refractivity contribution in [2.45, 2.75) is 30.4 Å². The van der Waals surface area contributed by atoms with Crippen molar-refractivity contribution in [1.82, 2.24) is 20.2 Å². The van der Waals surface area contributed by atoms with E-state index < -0.39 is 5.25 Å². The highest BCUT2D eigenvalue weighted by molar-refractivity contribution is 8.00. The summed E-state index contributed by atoms with van der Waals surface area (Å²) in [6.45, 7) is 6.50. The number of thioether (sulfide) groups is 1. The number of allylic oxidation sites excluding steroid dienone is 1. The molecule has 0 aliphatic heterocycles. The van der Waals surface area contributed by atoms with Gasteiger partial charge in [-0.15, -0.1) is 16.8 Å². The highest BCUT2D eigenvalue weighted by atomic mass is 35.5. The topological polar surface area (TPSA) is 84.2 Å². The number of hydrazone groups is 1. The monoisotopic (exact) mass is 472 g/mol. The molecule has 0 aliphatic carbocycles. The van der Waals surface area contributed by atoms with E-state index in [2.05, 4.69) is 32.6 Å². The lowest BCUT2D eigenvalue weighted by Crippen LogP contribution is -2.27. The molecule has 0 spiro atoms. The average molecular weight is 473 g/mol. The van der Waals surface area contributed by atoms with Gasteiger partial charge in [-0.2, -0.15) is 5.10 Å². The van der Waals surface area contributed by atoms with Crippen LogP contribution in [0.1, 0.15) is 18.3 Å². The van der Waals surface area contributed by atoms with Crippen LogP contribution in [0.3, 0.4) is 0 Å². The Morgan fingerprint density at radius 1 is 1.25 bits per heavy atom. The van der Waals surface area contributed by atoms with E-state index in [0.29, 0.717) is 34.7 Å². The van der Waals surface area contributed by atoms with E-state index in [0.717, 1.165) is 5.69 Å². The summed E-state index contributed by atoms with van der Waals surface area (Å²) in [5.41, 5.74) is 4.07. The van der Waals surface area contributed by atoms with E-state index in [4.69, 9.17) is 11.6 Å². The second-order valence-electron chi connectivity index (χ2n) is 6.70. The van der Waals surface area contributed by atoms with Gasteiger partial charge in [-0.3, -0.25) is 4.79 Å². The maximum atomic E-state index is 12.9. The quantitative estimate of drug-likeness (QED) is 0.196. The summed E-state index contributed by atoms with van der Waals surface area (Å²) < 4.78 is 14.8. The number of anilines is 1. The van der Waals surface area contributed by atoms with Gasteiger partial charge in [-0.25, -0.2) is 9.82 Å². The van der Waals surface area contributed by atoms with Crippen molar-refractivity contribution in [2.75, 3.05) is 5.32 Å². The van der Waals surface area contributed by atoms with Crippen LogP contribution < -0.4 is 10.7 Å². The van der Waals surface area contributed by atoms with Gasteiger partial charge in [0, 0.05) is 17.3 Å². The van der Waals surface area contributed by atoms with Gasteiger partial charge in [-0.05, 0) is 48.9 Å². The maximum Gasteiger partial charge on any atom is 0.253 e. The van der Waals surface area contributed by atoms with Crippen LogP contribution in [0.25, 0.3) is 0 Å². The van der Waals surface area contributed by atoms with Crippen LogP contribution >= 0.6 is 23.4 Å². The second-order valence-corrected chi connectivity index (χ2v) is 8.45. The molecule has 0 saturated heterocycles. The molecule has 3 aromatic rings. The number of halogens is 2. The zero-order valence-electron chi connectivity index (χ0n) is 17.3. The molecule has 0 aliphatic rings. The molecule has 0 fully saturated rings. The molecule has 1 aromatic heterocycles. The number of benzene rings is 2. The van der Waals surface area contributed by atoms with Gasteiger partial charge in [0.25, 0.3) is 5.91 Å². The van der Waals surface area contributed by atoms with Gasteiger partial charge in [0.2, 0.25) is 0 Å². The van der Waals surface area contributed by atoms with Crippen LogP contribution in [-0.4, -0.2) is 32.1 Å². The number of nitrogens with one attached hydrogen (secondary N) is 2. The van der Waals surface area contributed by atoms with Crippen LogP contribution in [-0.2, 0) is 17.9 Å². The summed E-state index contributed by atoms with van der Waals surface area (Å²) in [6, 6.07) is 13.2. The number of rotatable bonds is 10. The SMILES string of the molecule is C=CCn1c(CNc2ccc(Cl)cc2)nnc1SC(C)C(=O)N/N=C/c1ccc(F)cc1. The van der Waals surface area contributed by atoms with Gasteiger partial charge in [-0.1, -0.05) is 41.6 Å². The maximum absolute atomic E-state index is 12.9. The zero-order chi connectivity index (χ0) is 22.9. The molecule has 1 heterocycles. The fourth-order valence-corrected chi connectivity index (χ4v) is 3.62. The Hall–Kier alpha value is -3.17. The van der Waals surface area contributed by atoms with Crippen LogP contribution in [0.2, 0.25) is 5.02 Å². The van der Waals surface area contributed by atoms with Crippen LogP contribution in [0.4, 0.5) is 10.1 Å². The minimum atomic E-state index is -0.467. The van der Waals surface area contributed by atoms with Crippen molar-refractivity contribution < 1.29 is 9.18 Å². The standard InChI is InChI=1S/C22H22ClFN6OS/c1-3-12-30-20(14-25-19-10-6-17(23)7-11-19)27-29-22(30)32-15(2)21(31)28-26-13-16-4-8-18(24)9-5-16/h3-11,13,15,25H,1,12,14H2,2H3,(H,28,31)/b26-13+. The fourth-order valence-electron chi connectivity index (χ4n) is 2.62. The van der Waals surface area contributed by atoms with Gasteiger partial charge in [0.1, 0.15) is 5.82 Å². The average Bonchev–Trinajstić information content (AvgIpc) is 3.16. The summed E-state index contributed by atoms with van der Waals surface area (Å²) in [6.07, 6.45) is 3.20. The smallest absolute Gasteiger partial charge is 0.253 e. The number of hydrogen-bond donors (Lipinski definition) is 2. The first-order valence-electron chi connectivity index (χ1n) is 9.74. The molecular weight excluding hydrogens is 451 g/mol. The molecule has 0 saturated carbocycles. The van der Waals surface area contributed by atoms with Crippen LogP contribution in [0, 0.1) is 5.82 Å². The second kappa shape index (κ2) is 11.4. The summed E-state index contributed by atoms with van der Waals surface area (Å²) in [7, 11) is 0. The molecule has 1 amide bonds. The van der Waals surface area contributed by atoms with Gasteiger partial charge in [0.05, 0.1) is 18.0 Å². The summed E-state index contributed by atoms with van der Waals surface area (Å²) in [5, 5.41) is 16.5. The predicted molar refractivity (Wildman–Crippen MR) is 126 cm³/mol. The van der Waals surface area contributed by atoms with E-state index in [1.807, 2.05) is 16.7 Å². The molecule has 0 radical (unpaired) electrons. The molecule has 3 rings (SSSR count). The Morgan fingerprint density at radius 2 is 1.97 bits per heavy atom. The lowest BCUT2D eigenvalue weighted by molar-refractivity contribution is -0.120. The highest BCUT2D eigenvalue weighted by Gasteiger charge is 2.19. The molecule has 10 heteroatoms. The van der Waals surface area contributed by atoms with Crippen LogP contribution in [0.15, 0.2) is 71.4 Å². The van der Waals surface area contributed by atoms with Crippen molar-refractivity contribution in [1.29, 1.82) is 0 Å². The normalized spacial score (nSPS) is 12.0. The summed E-state index contributed by atoms with van der Waals surface area (Å²) in [5.74, 6) is 0.0919. The van der Waals surface area contributed by atoms with Gasteiger partial charge < -0.3 is 9.88 Å². The first-order valence-corrected chi connectivity index (χ1v) is 11.0. The van der Waals surface area contributed by atoms with E-state index in [1.54, 1.807) is 37.3 Å². The number of amides is 1. The molecule has 1 atom stereocenters. The lowest BCUT2D eigenvalue weighted by Gasteiger charge is -2.12. The van der Waals surface area contributed by atoms with Crippen molar-refractivity contribution in [3.63, 3.8) is 0 Å². The number of aromatic nitrogens is 3. The Morgan fingerprint density at radius 3 is 2.66 bits per heavy atom. The van der Waals surface area contributed by atoms with Gasteiger partial charge >= 0.3 is 0 Å². The Bertz CT molecular complexity index is 1080. The highest BCUT2D eigenvalue weighted by Crippen LogP contribution is 2.23. The van der Waals surface area contributed by atoms with E-state index in [1.165, 1.54) is 30.1 Å². The van der Waals surface area contributed by atoms with E-state index in [9.17, 15) is 9.18 Å². The molecule has 1 unspecified atom stereocenters. The van der Waals surface area contributed by atoms with Gasteiger partial charge in [0.15, 0.2) is 11.0 Å². The van der Waals surface area contributed by atoms with Crippen molar-refractivity contribution >= 4 is 41.2 Å². The Labute approximate surface area is 194 Å². The zero-order valence-corrected chi connectivity index (χ0v) is 18.9. The van der Waals surface area contributed by atoms with E-state index in [-0.39, 0.29) is 11.7 Å². The third-order valence-corrected chi connectivity index (χ3v) is 5.64. The minimum Gasteiger partial charge on any atom is -0.378 e. The molecule has 7 nitrogen and oxygen atoms in total. The largest absolute Gasteiger partial charge is 0.378 e. The number of nitrogens with zero attached hydrogens (tertiary/aromatic N) is 4. The fraction of sp³-hybridized carbons (Fsp3) is 0.182. The summed E-state index contributed by atoms with van der Waals surface area (Å²) in [4.78, 5) is 12.4. The van der Waals surface area contributed by atoms with Crippen molar-refractivity contribution in [3.8, 4) is 0 Å². The number of hydrogen-bond acceptors (Lipinski definition) is 6. The van der Waals surface area contributed by atoms with Crippen LogP contribution in [0.5, 0.6) is 0 Å². The molecule has 2 N–H and O–H groups in total. The minimum absolute atomic E-state index is 0.289. The first kappa shape index (κ1) is 23.5. The lowest BCUT2D eigenvalue weighted by atomic mass is 10.2. The molecule has 0 bridgehead atoms. The van der Waals surface area contributed by atoms with Crippen molar-refractivity contribution in [2.24, 2.45) is 5.10 Å². The predicted octanol–water partition coefficient (Wildman–Crippen LogP) is 4.50. The number of carbonyl (C=O) groups excluding carboxylic acids is 1. The van der Waals surface area contributed by atoms with Crippen molar-refractivity contribution in [3.05, 3.63) is 83.4 Å². The third kappa shape index (κ3) is 6.66. The molecule has 166 valence electrons. The third-order valence-electron chi connectivity index (χ3n) is 4.31. The Kier molecular flexibility index (Phi) is 8.41. The molecule has 32 heavy (non-hydrogen) atoms. The molecule has 2 aromatic carbocycles. The summed E-state index contributed by atoms with van der Waals surface area (Å²) >= 11 is 7.19. The Balaban J connectivity index is 1.59. The van der Waals surface area contributed by atoms with E-state index >= 15 is 0 Å². The number of carbonyl (C=O) groups is 1. The molecular formula is C22H22ClFN6OS.